The summed E-state index contributed by atoms with van der Waals surface area (Å²) in [7, 11) is 0. The average Bonchev–Trinajstić information content (AvgIpc) is 2.30. The smallest absolute Gasteiger partial charge is 0.227 e. The van der Waals surface area contributed by atoms with E-state index in [1.165, 1.54) is 0 Å². The van der Waals surface area contributed by atoms with Gasteiger partial charge >= 0.3 is 0 Å². The molecule has 4 nitrogen and oxygen atoms in total. The Morgan fingerprint density at radius 1 is 1.41 bits per heavy atom. The topological polar surface area (TPSA) is 61.4 Å². The third kappa shape index (κ3) is 3.54. The normalized spacial score (nSPS) is 24.3. The summed E-state index contributed by atoms with van der Waals surface area (Å²) in [6.45, 7) is 1.41. The van der Waals surface area contributed by atoms with Gasteiger partial charge in [0.05, 0.1) is 12.0 Å². The Morgan fingerprint density at radius 3 is 2.82 bits per heavy atom. The average molecular weight is 234 g/mol. The van der Waals surface area contributed by atoms with Crippen molar-refractivity contribution in [3.63, 3.8) is 0 Å². The predicted octanol–water partition coefficient (Wildman–Crippen LogP) is 1.13. The van der Waals surface area contributed by atoms with Crippen LogP contribution in [0.5, 0.6) is 0 Å². The van der Waals surface area contributed by atoms with E-state index in [1.807, 2.05) is 30.3 Å². The van der Waals surface area contributed by atoms with Crippen LogP contribution in [0.25, 0.3) is 0 Å². The Balaban J connectivity index is 1.88. The number of aliphatic hydroxyl groups is 1. The van der Waals surface area contributed by atoms with Crippen LogP contribution >= 0.6 is 0 Å². The molecule has 1 atom stereocenters. The van der Waals surface area contributed by atoms with Crippen LogP contribution in [-0.4, -0.2) is 29.7 Å². The van der Waals surface area contributed by atoms with Crippen LogP contribution in [0.1, 0.15) is 19.3 Å². The highest BCUT2D eigenvalue weighted by Gasteiger charge is 2.31. The molecule has 0 aliphatic carbocycles. The van der Waals surface area contributed by atoms with E-state index in [-0.39, 0.29) is 12.3 Å². The molecule has 17 heavy (non-hydrogen) atoms. The maximum Gasteiger partial charge on any atom is 0.227 e. The van der Waals surface area contributed by atoms with Crippen molar-refractivity contribution in [3.8, 4) is 0 Å². The van der Waals surface area contributed by atoms with Gasteiger partial charge in [-0.25, -0.2) is 0 Å². The van der Waals surface area contributed by atoms with E-state index < -0.39 is 5.60 Å². The molecule has 0 aromatic heterocycles. The van der Waals surface area contributed by atoms with Gasteiger partial charge in [0.25, 0.3) is 0 Å². The molecule has 1 heterocycles. The van der Waals surface area contributed by atoms with Gasteiger partial charge in [0, 0.05) is 12.2 Å². The van der Waals surface area contributed by atoms with Crippen LogP contribution in [0.4, 0.5) is 5.69 Å². The molecule has 1 amide bonds. The summed E-state index contributed by atoms with van der Waals surface area (Å²) in [6, 6.07) is 9.30. The number of piperidine rings is 1. The highest BCUT2D eigenvalue weighted by atomic mass is 16.3. The van der Waals surface area contributed by atoms with Gasteiger partial charge in [0.1, 0.15) is 0 Å². The van der Waals surface area contributed by atoms with Gasteiger partial charge in [-0.15, -0.1) is 0 Å². The lowest BCUT2D eigenvalue weighted by atomic mass is 9.90. The van der Waals surface area contributed by atoms with E-state index >= 15 is 0 Å². The van der Waals surface area contributed by atoms with Crippen LogP contribution in [0.3, 0.4) is 0 Å². The van der Waals surface area contributed by atoms with Crippen molar-refractivity contribution in [1.29, 1.82) is 0 Å². The lowest BCUT2D eigenvalue weighted by Gasteiger charge is -2.31. The summed E-state index contributed by atoms with van der Waals surface area (Å²) in [6.07, 6.45) is 1.74. The third-order valence-corrected chi connectivity index (χ3v) is 3.00. The third-order valence-electron chi connectivity index (χ3n) is 3.00. The van der Waals surface area contributed by atoms with E-state index in [1.54, 1.807) is 0 Å². The first-order chi connectivity index (χ1) is 8.18. The molecule has 1 aliphatic heterocycles. The molecule has 1 aromatic carbocycles. The lowest BCUT2D eigenvalue weighted by Crippen LogP contribution is -2.47. The minimum atomic E-state index is -0.892. The number of carbonyl (C=O) groups is 1. The molecule has 1 aromatic rings. The molecule has 92 valence electrons. The largest absolute Gasteiger partial charge is 0.388 e. The Hall–Kier alpha value is -1.39. The van der Waals surface area contributed by atoms with Crippen molar-refractivity contribution in [2.45, 2.75) is 24.9 Å². The molecular weight excluding hydrogens is 216 g/mol. The number of benzene rings is 1. The van der Waals surface area contributed by atoms with Crippen molar-refractivity contribution >= 4 is 11.6 Å². The second kappa shape index (κ2) is 5.29. The molecule has 1 aliphatic rings. The van der Waals surface area contributed by atoms with Gasteiger partial charge in [0.2, 0.25) is 5.91 Å². The first kappa shape index (κ1) is 12.1. The van der Waals surface area contributed by atoms with Crippen LogP contribution < -0.4 is 10.6 Å². The van der Waals surface area contributed by atoms with Crippen LogP contribution in [0, 0.1) is 0 Å². The van der Waals surface area contributed by atoms with Crippen molar-refractivity contribution in [2.24, 2.45) is 0 Å². The van der Waals surface area contributed by atoms with E-state index in [2.05, 4.69) is 10.6 Å². The molecule has 0 spiro atoms. The van der Waals surface area contributed by atoms with Gasteiger partial charge in [0.15, 0.2) is 0 Å². The molecule has 1 fully saturated rings. The lowest BCUT2D eigenvalue weighted by molar-refractivity contribution is -0.121. The molecule has 4 heteroatoms. The summed E-state index contributed by atoms with van der Waals surface area (Å²) in [4.78, 5) is 11.8. The standard InChI is InChI=1S/C13H18N2O2/c16-12(15-11-5-2-1-3-6-11)9-13(17)7-4-8-14-10-13/h1-3,5-6,14,17H,4,7-10H2,(H,15,16). The number of hydrogen-bond donors (Lipinski definition) is 3. The number of amides is 1. The van der Waals surface area contributed by atoms with Gasteiger partial charge in [-0.3, -0.25) is 4.79 Å². The van der Waals surface area contributed by atoms with Crippen LogP contribution in [0.2, 0.25) is 0 Å². The predicted molar refractivity (Wildman–Crippen MR) is 66.7 cm³/mol. The molecule has 0 radical (unpaired) electrons. The summed E-state index contributed by atoms with van der Waals surface area (Å²) < 4.78 is 0. The fourth-order valence-electron chi connectivity index (χ4n) is 2.13. The quantitative estimate of drug-likeness (QED) is 0.734. The number of para-hydroxylation sites is 1. The Morgan fingerprint density at radius 2 is 2.18 bits per heavy atom. The van der Waals surface area contributed by atoms with Gasteiger partial charge in [-0.05, 0) is 31.5 Å². The van der Waals surface area contributed by atoms with Crippen molar-refractivity contribution < 1.29 is 9.90 Å². The van der Waals surface area contributed by atoms with Crippen molar-refractivity contribution in [1.82, 2.24) is 5.32 Å². The number of nitrogens with one attached hydrogen (secondary N) is 2. The number of carbonyl (C=O) groups excluding carboxylic acids is 1. The highest BCUT2D eigenvalue weighted by Crippen LogP contribution is 2.20. The summed E-state index contributed by atoms with van der Waals surface area (Å²) in [5.74, 6) is -0.137. The van der Waals surface area contributed by atoms with Gasteiger partial charge in [-0.2, -0.15) is 0 Å². The summed E-state index contributed by atoms with van der Waals surface area (Å²) >= 11 is 0. The van der Waals surface area contributed by atoms with Gasteiger partial charge in [-0.1, -0.05) is 18.2 Å². The molecule has 0 saturated carbocycles. The number of rotatable bonds is 3. The minimum Gasteiger partial charge on any atom is -0.388 e. The zero-order valence-corrected chi connectivity index (χ0v) is 9.78. The molecule has 1 unspecified atom stereocenters. The van der Waals surface area contributed by atoms with Crippen molar-refractivity contribution in [2.75, 3.05) is 18.4 Å². The van der Waals surface area contributed by atoms with Gasteiger partial charge < -0.3 is 15.7 Å². The van der Waals surface area contributed by atoms with Crippen molar-refractivity contribution in [3.05, 3.63) is 30.3 Å². The van der Waals surface area contributed by atoms with Crippen LogP contribution in [-0.2, 0) is 4.79 Å². The Kier molecular flexibility index (Phi) is 3.76. The number of hydrogen-bond acceptors (Lipinski definition) is 3. The minimum absolute atomic E-state index is 0.137. The molecule has 0 bridgehead atoms. The SMILES string of the molecule is O=C(CC1(O)CCCNC1)Nc1ccccc1. The maximum atomic E-state index is 11.8. The first-order valence-corrected chi connectivity index (χ1v) is 5.96. The first-order valence-electron chi connectivity index (χ1n) is 5.96. The second-order valence-electron chi connectivity index (χ2n) is 4.60. The molecule has 2 rings (SSSR count). The fraction of sp³-hybridized carbons (Fsp3) is 0.462. The van der Waals surface area contributed by atoms with E-state index in [0.717, 1.165) is 18.7 Å². The zero-order chi connectivity index (χ0) is 12.1. The zero-order valence-electron chi connectivity index (χ0n) is 9.78. The summed E-state index contributed by atoms with van der Waals surface area (Å²) in [5.41, 5.74) is -0.123. The molecule has 1 saturated heterocycles. The molecule has 3 N–H and O–H groups in total. The maximum absolute atomic E-state index is 11.8. The summed E-state index contributed by atoms with van der Waals surface area (Å²) in [5, 5.41) is 16.1. The monoisotopic (exact) mass is 234 g/mol. The Labute approximate surface area is 101 Å². The van der Waals surface area contributed by atoms with E-state index in [4.69, 9.17) is 0 Å². The van der Waals surface area contributed by atoms with E-state index in [9.17, 15) is 9.90 Å². The second-order valence-corrected chi connectivity index (χ2v) is 4.60. The van der Waals surface area contributed by atoms with E-state index in [0.29, 0.717) is 13.0 Å². The Bertz CT molecular complexity index is 372. The highest BCUT2D eigenvalue weighted by molar-refractivity contribution is 5.91. The number of β-amino-alcohol motifs (C(OH)–C–C–N with tert-alkyl or cyclic N) is 1. The molecular formula is C13H18N2O2. The number of anilines is 1. The van der Waals surface area contributed by atoms with Crippen LogP contribution in [0.15, 0.2) is 30.3 Å². The fourth-order valence-corrected chi connectivity index (χ4v) is 2.13.